The molecule has 2 nitrogen and oxygen atoms in total. The van der Waals surface area contributed by atoms with E-state index in [2.05, 4.69) is 49.5 Å². The summed E-state index contributed by atoms with van der Waals surface area (Å²) in [5.74, 6) is 0.652. The van der Waals surface area contributed by atoms with Crippen LogP contribution in [-0.2, 0) is 0 Å². The van der Waals surface area contributed by atoms with Gasteiger partial charge in [0.2, 0.25) is 0 Å². The number of hydrogen-bond acceptors (Lipinski definition) is 2. The van der Waals surface area contributed by atoms with Gasteiger partial charge in [-0.1, -0.05) is 44.2 Å². The largest absolute Gasteiger partial charge is 0.389 e. The summed E-state index contributed by atoms with van der Waals surface area (Å²) >= 11 is 0. The Kier molecular flexibility index (Phi) is 4.41. The van der Waals surface area contributed by atoms with Gasteiger partial charge in [0, 0.05) is 12.6 Å². The van der Waals surface area contributed by atoms with Gasteiger partial charge in [0.15, 0.2) is 0 Å². The first-order valence-corrected chi connectivity index (χ1v) is 7.10. The average Bonchev–Trinajstić information content (AvgIpc) is 2.33. The van der Waals surface area contributed by atoms with Crippen LogP contribution in [0.1, 0.15) is 51.1 Å². The summed E-state index contributed by atoms with van der Waals surface area (Å²) in [5, 5.41) is 13.7. The molecule has 1 aliphatic carbocycles. The second-order valence-corrected chi connectivity index (χ2v) is 6.05. The molecule has 1 aromatic carbocycles. The van der Waals surface area contributed by atoms with Crippen LogP contribution in [0, 0.1) is 5.92 Å². The zero-order chi connectivity index (χ0) is 13.0. The first-order valence-electron chi connectivity index (χ1n) is 7.10. The van der Waals surface area contributed by atoms with Gasteiger partial charge in [-0.05, 0) is 37.2 Å². The van der Waals surface area contributed by atoms with Gasteiger partial charge in [0.05, 0.1) is 5.60 Å². The SMILES string of the molecule is CC(C)CC(NCC1(O)CCC1)c1ccccc1. The Labute approximate surface area is 110 Å². The summed E-state index contributed by atoms with van der Waals surface area (Å²) in [4.78, 5) is 0. The van der Waals surface area contributed by atoms with Gasteiger partial charge >= 0.3 is 0 Å². The number of aliphatic hydroxyl groups is 1. The lowest BCUT2D eigenvalue weighted by Crippen LogP contribution is -2.47. The Morgan fingerprint density at radius 2 is 1.89 bits per heavy atom. The van der Waals surface area contributed by atoms with E-state index < -0.39 is 5.60 Å². The normalized spacial score (nSPS) is 19.6. The van der Waals surface area contributed by atoms with Gasteiger partial charge in [-0.25, -0.2) is 0 Å². The third-order valence-electron chi connectivity index (χ3n) is 3.87. The van der Waals surface area contributed by atoms with Gasteiger partial charge in [0.25, 0.3) is 0 Å². The van der Waals surface area contributed by atoms with E-state index in [9.17, 15) is 5.11 Å². The standard InChI is InChI=1S/C16H25NO/c1-13(2)11-15(14-7-4-3-5-8-14)17-12-16(18)9-6-10-16/h3-5,7-8,13,15,17-18H,6,9-12H2,1-2H3. The zero-order valence-corrected chi connectivity index (χ0v) is 11.5. The summed E-state index contributed by atoms with van der Waals surface area (Å²) in [5.41, 5.74) is 0.887. The maximum absolute atomic E-state index is 10.2. The first kappa shape index (κ1) is 13.6. The summed E-state index contributed by atoms with van der Waals surface area (Å²) in [6, 6.07) is 10.9. The highest BCUT2D eigenvalue weighted by atomic mass is 16.3. The fraction of sp³-hybridized carbons (Fsp3) is 0.625. The average molecular weight is 247 g/mol. The fourth-order valence-electron chi connectivity index (χ4n) is 2.57. The molecule has 0 aliphatic heterocycles. The Hall–Kier alpha value is -0.860. The monoisotopic (exact) mass is 247 g/mol. The van der Waals surface area contributed by atoms with Gasteiger partial charge in [0.1, 0.15) is 0 Å². The molecule has 0 heterocycles. The molecule has 2 heteroatoms. The quantitative estimate of drug-likeness (QED) is 0.808. The number of nitrogens with one attached hydrogen (secondary N) is 1. The molecule has 1 aromatic rings. The minimum absolute atomic E-state index is 0.357. The molecular formula is C16H25NO. The molecule has 100 valence electrons. The lowest BCUT2D eigenvalue weighted by atomic mass is 9.80. The van der Waals surface area contributed by atoms with E-state index in [4.69, 9.17) is 0 Å². The first-order chi connectivity index (χ1) is 8.59. The van der Waals surface area contributed by atoms with E-state index in [1.807, 2.05) is 0 Å². The van der Waals surface area contributed by atoms with E-state index >= 15 is 0 Å². The minimum Gasteiger partial charge on any atom is -0.389 e. The van der Waals surface area contributed by atoms with E-state index in [1.54, 1.807) is 0 Å². The molecule has 0 radical (unpaired) electrons. The summed E-state index contributed by atoms with van der Waals surface area (Å²) in [7, 11) is 0. The van der Waals surface area contributed by atoms with Crippen LogP contribution in [0.4, 0.5) is 0 Å². The Morgan fingerprint density at radius 3 is 2.39 bits per heavy atom. The van der Waals surface area contributed by atoms with Crippen LogP contribution in [0.2, 0.25) is 0 Å². The molecule has 2 rings (SSSR count). The second-order valence-electron chi connectivity index (χ2n) is 6.05. The van der Waals surface area contributed by atoms with Crippen LogP contribution in [0.25, 0.3) is 0 Å². The molecule has 0 spiro atoms. The van der Waals surface area contributed by atoms with Gasteiger partial charge in [-0.3, -0.25) is 0 Å². The lowest BCUT2D eigenvalue weighted by Gasteiger charge is -2.38. The van der Waals surface area contributed by atoms with Crippen LogP contribution in [-0.4, -0.2) is 17.3 Å². The molecule has 1 unspecified atom stereocenters. The van der Waals surface area contributed by atoms with Crippen molar-refractivity contribution in [2.45, 2.75) is 51.2 Å². The Bertz CT molecular complexity index is 357. The molecule has 1 fully saturated rings. The van der Waals surface area contributed by atoms with Gasteiger partial charge in [-0.15, -0.1) is 0 Å². The molecule has 1 atom stereocenters. The summed E-state index contributed by atoms with van der Waals surface area (Å²) in [6.45, 7) is 5.21. The Morgan fingerprint density at radius 1 is 1.22 bits per heavy atom. The van der Waals surface area contributed by atoms with Crippen molar-refractivity contribution in [3.8, 4) is 0 Å². The molecule has 1 saturated carbocycles. The van der Waals surface area contributed by atoms with Crippen molar-refractivity contribution in [1.82, 2.24) is 5.32 Å². The van der Waals surface area contributed by atoms with Crippen molar-refractivity contribution >= 4 is 0 Å². The molecule has 1 aliphatic rings. The number of benzene rings is 1. The second kappa shape index (κ2) is 5.85. The number of hydrogen-bond donors (Lipinski definition) is 2. The molecule has 18 heavy (non-hydrogen) atoms. The third kappa shape index (κ3) is 3.56. The predicted octanol–water partition coefficient (Wildman–Crippen LogP) is 3.28. The molecule has 0 bridgehead atoms. The van der Waals surface area contributed by atoms with Gasteiger partial charge in [-0.2, -0.15) is 0 Å². The van der Waals surface area contributed by atoms with Crippen molar-refractivity contribution in [2.24, 2.45) is 5.92 Å². The van der Waals surface area contributed by atoms with Crippen LogP contribution in [0.5, 0.6) is 0 Å². The highest BCUT2D eigenvalue weighted by Crippen LogP contribution is 2.32. The topological polar surface area (TPSA) is 32.3 Å². The van der Waals surface area contributed by atoms with Gasteiger partial charge < -0.3 is 10.4 Å². The maximum Gasteiger partial charge on any atom is 0.0771 e. The van der Waals surface area contributed by atoms with Crippen molar-refractivity contribution in [2.75, 3.05) is 6.54 Å². The summed E-state index contributed by atoms with van der Waals surface area (Å²) in [6.07, 6.45) is 4.17. The van der Waals surface area contributed by atoms with Crippen molar-refractivity contribution in [1.29, 1.82) is 0 Å². The third-order valence-corrected chi connectivity index (χ3v) is 3.87. The van der Waals surface area contributed by atoms with Crippen LogP contribution < -0.4 is 5.32 Å². The van der Waals surface area contributed by atoms with Crippen LogP contribution in [0.15, 0.2) is 30.3 Å². The zero-order valence-electron chi connectivity index (χ0n) is 11.5. The summed E-state index contributed by atoms with van der Waals surface area (Å²) < 4.78 is 0. The molecular weight excluding hydrogens is 222 g/mol. The van der Waals surface area contributed by atoms with E-state index in [-0.39, 0.29) is 0 Å². The molecule has 2 N–H and O–H groups in total. The molecule has 0 saturated heterocycles. The van der Waals surface area contributed by atoms with Crippen molar-refractivity contribution < 1.29 is 5.11 Å². The van der Waals surface area contributed by atoms with E-state index in [0.717, 1.165) is 25.8 Å². The lowest BCUT2D eigenvalue weighted by molar-refractivity contribution is -0.0337. The van der Waals surface area contributed by atoms with E-state index in [1.165, 1.54) is 12.0 Å². The van der Waals surface area contributed by atoms with Crippen molar-refractivity contribution in [3.05, 3.63) is 35.9 Å². The fourth-order valence-corrected chi connectivity index (χ4v) is 2.57. The minimum atomic E-state index is -0.440. The maximum atomic E-state index is 10.2. The van der Waals surface area contributed by atoms with Crippen LogP contribution >= 0.6 is 0 Å². The molecule has 0 amide bonds. The highest BCUT2D eigenvalue weighted by molar-refractivity contribution is 5.19. The molecule has 0 aromatic heterocycles. The highest BCUT2D eigenvalue weighted by Gasteiger charge is 2.34. The van der Waals surface area contributed by atoms with Crippen LogP contribution in [0.3, 0.4) is 0 Å². The smallest absolute Gasteiger partial charge is 0.0771 e. The Balaban J connectivity index is 1.96. The van der Waals surface area contributed by atoms with Crippen molar-refractivity contribution in [3.63, 3.8) is 0 Å². The predicted molar refractivity (Wildman–Crippen MR) is 75.4 cm³/mol. The van der Waals surface area contributed by atoms with E-state index in [0.29, 0.717) is 12.0 Å². The number of rotatable bonds is 6.